The normalized spacial score (nSPS) is 12.1. The first-order valence-electron chi connectivity index (χ1n) is 5.45. The molecule has 1 aromatic carbocycles. The summed E-state index contributed by atoms with van der Waals surface area (Å²) in [5.41, 5.74) is -0.125. The second-order valence-electron chi connectivity index (χ2n) is 3.99. The molecule has 0 saturated carbocycles. The topological polar surface area (TPSA) is 119 Å². The monoisotopic (exact) mass is 391 g/mol. The number of benzene rings is 1. The summed E-state index contributed by atoms with van der Waals surface area (Å²) in [6.07, 6.45) is 2.57. The van der Waals surface area contributed by atoms with Crippen molar-refractivity contribution in [3.8, 4) is 0 Å². The predicted molar refractivity (Wildman–Crippen MR) is 80.6 cm³/mol. The minimum absolute atomic E-state index is 0.110. The summed E-state index contributed by atoms with van der Waals surface area (Å²) in [4.78, 5) is 3.34. The number of rotatable bonds is 4. The Morgan fingerprint density at radius 2 is 1.76 bits per heavy atom. The van der Waals surface area contributed by atoms with Crippen LogP contribution in [0.4, 0.5) is 5.69 Å². The maximum atomic E-state index is 12.2. The molecule has 0 amide bonds. The average Bonchev–Trinajstić information content (AvgIpc) is 2.37. The molecule has 2 rings (SSSR count). The van der Waals surface area contributed by atoms with E-state index in [1.807, 2.05) is 0 Å². The van der Waals surface area contributed by atoms with Gasteiger partial charge in [0.2, 0.25) is 10.0 Å². The van der Waals surface area contributed by atoms with Gasteiger partial charge in [-0.25, -0.2) is 22.0 Å². The van der Waals surface area contributed by atoms with E-state index in [9.17, 15) is 16.8 Å². The van der Waals surface area contributed by atoms with Gasteiger partial charge in [-0.2, -0.15) is 0 Å². The third-order valence-electron chi connectivity index (χ3n) is 2.43. The molecule has 7 nitrogen and oxygen atoms in total. The zero-order valence-electron chi connectivity index (χ0n) is 10.4. The Morgan fingerprint density at radius 1 is 1.10 bits per heavy atom. The highest BCUT2D eigenvalue weighted by Gasteiger charge is 2.20. The number of sulfonamides is 2. The number of nitrogens with two attached hydrogens (primary N) is 1. The van der Waals surface area contributed by atoms with E-state index in [0.29, 0.717) is 4.47 Å². The van der Waals surface area contributed by atoms with Gasteiger partial charge in [-0.1, -0.05) is 12.1 Å². The Balaban J connectivity index is 2.48. The van der Waals surface area contributed by atoms with Gasteiger partial charge < -0.3 is 0 Å². The van der Waals surface area contributed by atoms with Gasteiger partial charge in [-0.05, 0) is 34.1 Å². The molecule has 10 heteroatoms. The van der Waals surface area contributed by atoms with Crippen LogP contribution in [0.25, 0.3) is 0 Å². The third kappa shape index (κ3) is 3.79. The Bertz CT molecular complexity index is 882. The van der Waals surface area contributed by atoms with Crippen LogP contribution in [-0.4, -0.2) is 21.8 Å². The molecule has 0 atom stereocenters. The van der Waals surface area contributed by atoms with Crippen molar-refractivity contribution in [1.29, 1.82) is 0 Å². The lowest BCUT2D eigenvalue weighted by Gasteiger charge is -2.11. The van der Waals surface area contributed by atoms with E-state index in [1.54, 1.807) is 0 Å². The van der Waals surface area contributed by atoms with Gasteiger partial charge in [-0.15, -0.1) is 0 Å². The first-order chi connectivity index (χ1) is 9.70. The molecule has 0 saturated heterocycles. The molecular formula is C11H10BrN3O4S2. The number of anilines is 1. The second kappa shape index (κ2) is 5.72. The van der Waals surface area contributed by atoms with Gasteiger partial charge >= 0.3 is 0 Å². The Morgan fingerprint density at radius 3 is 2.38 bits per heavy atom. The quantitative estimate of drug-likeness (QED) is 0.813. The first kappa shape index (κ1) is 15.9. The van der Waals surface area contributed by atoms with E-state index in [4.69, 9.17) is 5.14 Å². The van der Waals surface area contributed by atoms with Gasteiger partial charge in [0.1, 0.15) is 9.79 Å². The van der Waals surface area contributed by atoms with Crippen molar-refractivity contribution in [3.05, 3.63) is 47.2 Å². The van der Waals surface area contributed by atoms with Crippen LogP contribution in [0.2, 0.25) is 0 Å². The van der Waals surface area contributed by atoms with Crippen molar-refractivity contribution in [2.75, 3.05) is 4.72 Å². The Hall–Kier alpha value is -1.49. The average molecular weight is 392 g/mol. The highest BCUT2D eigenvalue weighted by Crippen LogP contribution is 2.23. The molecule has 0 aliphatic carbocycles. The third-order valence-corrected chi connectivity index (χ3v) is 5.16. The van der Waals surface area contributed by atoms with E-state index in [-0.39, 0.29) is 15.5 Å². The molecule has 21 heavy (non-hydrogen) atoms. The molecule has 1 heterocycles. The van der Waals surface area contributed by atoms with Gasteiger partial charge in [0.05, 0.1) is 5.69 Å². The Labute approximate surface area is 130 Å². The number of hydrogen-bond acceptors (Lipinski definition) is 5. The number of aromatic nitrogens is 1. The van der Waals surface area contributed by atoms with E-state index in [2.05, 4.69) is 25.6 Å². The van der Waals surface area contributed by atoms with Gasteiger partial charge in [0.25, 0.3) is 10.0 Å². The number of primary sulfonamides is 1. The zero-order valence-corrected chi connectivity index (χ0v) is 13.6. The molecule has 2 aromatic rings. The van der Waals surface area contributed by atoms with Crippen molar-refractivity contribution in [2.24, 2.45) is 5.14 Å². The number of pyridine rings is 1. The maximum absolute atomic E-state index is 12.2. The summed E-state index contributed by atoms with van der Waals surface area (Å²) in [7, 11) is -8.03. The summed E-state index contributed by atoms with van der Waals surface area (Å²) in [5.74, 6) is 0. The molecule has 0 radical (unpaired) electrons. The van der Waals surface area contributed by atoms with E-state index >= 15 is 0 Å². The van der Waals surface area contributed by atoms with Crippen LogP contribution < -0.4 is 9.86 Å². The molecule has 0 unspecified atom stereocenters. The number of nitrogens with zero attached hydrogens (tertiary/aromatic N) is 1. The van der Waals surface area contributed by atoms with Crippen LogP contribution in [0.1, 0.15) is 0 Å². The highest BCUT2D eigenvalue weighted by atomic mass is 79.9. The molecule has 3 N–H and O–H groups in total. The smallest absolute Gasteiger partial charge is 0.263 e. The van der Waals surface area contributed by atoms with Crippen LogP contribution in [0, 0.1) is 0 Å². The largest absolute Gasteiger partial charge is 0.278 e. The summed E-state index contributed by atoms with van der Waals surface area (Å²) in [6, 6.07) is 6.80. The fraction of sp³-hybridized carbons (Fsp3) is 0. The lowest BCUT2D eigenvalue weighted by molar-refractivity contribution is 0.598. The summed E-state index contributed by atoms with van der Waals surface area (Å²) in [6.45, 7) is 0. The number of para-hydroxylation sites is 1. The maximum Gasteiger partial charge on any atom is 0.263 e. The highest BCUT2D eigenvalue weighted by molar-refractivity contribution is 9.10. The second-order valence-corrected chi connectivity index (χ2v) is 8.11. The van der Waals surface area contributed by atoms with Crippen LogP contribution in [-0.2, 0) is 20.0 Å². The summed E-state index contributed by atoms with van der Waals surface area (Å²) >= 11 is 3.12. The molecule has 0 bridgehead atoms. The minimum atomic E-state index is -4.05. The number of nitrogens with one attached hydrogen (secondary N) is 1. The molecule has 0 aliphatic heterocycles. The van der Waals surface area contributed by atoms with E-state index in [0.717, 1.165) is 6.20 Å². The minimum Gasteiger partial charge on any atom is -0.278 e. The summed E-state index contributed by atoms with van der Waals surface area (Å²) < 4.78 is 50.0. The standard InChI is InChI=1S/C11H10BrN3O4S2/c12-8-5-9(7-14-6-8)21(18,19)15-10-3-1-2-4-11(10)20(13,16)17/h1-7,15H,(H2,13,16,17). The lowest BCUT2D eigenvalue weighted by atomic mass is 10.3. The van der Waals surface area contributed by atoms with Gasteiger partial charge in [0, 0.05) is 16.9 Å². The van der Waals surface area contributed by atoms with Crippen molar-refractivity contribution in [3.63, 3.8) is 0 Å². The van der Waals surface area contributed by atoms with Crippen LogP contribution in [0.15, 0.2) is 57.0 Å². The van der Waals surface area contributed by atoms with Crippen LogP contribution in [0.3, 0.4) is 0 Å². The first-order valence-corrected chi connectivity index (χ1v) is 9.27. The number of halogens is 1. The fourth-order valence-corrected chi connectivity index (χ4v) is 3.88. The van der Waals surface area contributed by atoms with Gasteiger partial charge in [-0.3, -0.25) is 9.71 Å². The summed E-state index contributed by atoms with van der Waals surface area (Å²) in [5, 5.41) is 5.06. The molecule has 0 fully saturated rings. The lowest BCUT2D eigenvalue weighted by Crippen LogP contribution is -2.18. The molecule has 0 aliphatic rings. The molecule has 0 spiro atoms. The van der Waals surface area contributed by atoms with E-state index < -0.39 is 20.0 Å². The van der Waals surface area contributed by atoms with Crippen LogP contribution >= 0.6 is 15.9 Å². The SMILES string of the molecule is NS(=O)(=O)c1ccccc1NS(=O)(=O)c1cncc(Br)c1. The van der Waals surface area contributed by atoms with E-state index in [1.165, 1.54) is 36.5 Å². The molecular weight excluding hydrogens is 382 g/mol. The van der Waals surface area contributed by atoms with Gasteiger partial charge in [0.15, 0.2) is 0 Å². The van der Waals surface area contributed by atoms with Crippen molar-refractivity contribution in [2.45, 2.75) is 9.79 Å². The molecule has 1 aromatic heterocycles. The fourth-order valence-electron chi connectivity index (χ4n) is 1.54. The molecule has 112 valence electrons. The van der Waals surface area contributed by atoms with Crippen LogP contribution in [0.5, 0.6) is 0 Å². The van der Waals surface area contributed by atoms with Crippen molar-refractivity contribution in [1.82, 2.24) is 4.98 Å². The Kier molecular flexibility index (Phi) is 4.33. The zero-order chi connectivity index (χ0) is 15.7. The predicted octanol–water partition coefficient (Wildman–Crippen LogP) is 1.29. The van der Waals surface area contributed by atoms with Crippen molar-refractivity contribution >= 4 is 41.7 Å². The van der Waals surface area contributed by atoms with Crippen molar-refractivity contribution < 1.29 is 16.8 Å². The number of hydrogen-bond donors (Lipinski definition) is 2.